The maximum Gasteiger partial charge on any atom is 0.178 e. The van der Waals surface area contributed by atoms with Crippen molar-refractivity contribution < 1.29 is 8.42 Å². The van der Waals surface area contributed by atoms with E-state index in [9.17, 15) is 8.42 Å². The van der Waals surface area contributed by atoms with Crippen molar-refractivity contribution in [2.45, 2.75) is 24.3 Å². The molecule has 0 aliphatic rings. The molecular weight excluding hydrogens is 306 g/mol. The van der Waals surface area contributed by atoms with E-state index < -0.39 is 9.84 Å². The topological polar surface area (TPSA) is 58.1 Å². The molecule has 1 aromatic heterocycles. The zero-order valence-corrected chi connectivity index (χ0v) is 14.4. The molecular formula is C14H21N3O2S2. The molecule has 2 rings (SSSR count). The van der Waals surface area contributed by atoms with E-state index in [0.29, 0.717) is 15.2 Å². The average molecular weight is 327 g/mol. The van der Waals surface area contributed by atoms with Crippen molar-refractivity contribution in [3.05, 3.63) is 23.0 Å². The van der Waals surface area contributed by atoms with Gasteiger partial charge in [-0.15, -0.1) is 0 Å². The summed E-state index contributed by atoms with van der Waals surface area (Å²) in [7, 11) is 0.778. The smallest absolute Gasteiger partial charge is 0.178 e. The summed E-state index contributed by atoms with van der Waals surface area (Å²) in [6, 6.07) is 5.47. The Balaban J connectivity index is 2.57. The van der Waals surface area contributed by atoms with Gasteiger partial charge in [0, 0.05) is 12.3 Å². The fraction of sp³-hybridized carbons (Fsp3) is 0.500. The van der Waals surface area contributed by atoms with Crippen molar-refractivity contribution in [3.8, 4) is 0 Å². The van der Waals surface area contributed by atoms with Crippen molar-refractivity contribution in [2.75, 3.05) is 26.9 Å². The third-order valence-electron chi connectivity index (χ3n) is 3.55. The first-order valence-electron chi connectivity index (χ1n) is 6.80. The van der Waals surface area contributed by atoms with E-state index in [-0.39, 0.29) is 6.04 Å². The summed E-state index contributed by atoms with van der Waals surface area (Å²) in [5, 5.41) is 0. The van der Waals surface area contributed by atoms with Gasteiger partial charge in [0.2, 0.25) is 0 Å². The number of nitrogens with one attached hydrogen (secondary N) is 1. The Hall–Kier alpha value is -1.18. The van der Waals surface area contributed by atoms with Crippen molar-refractivity contribution >= 4 is 33.1 Å². The molecule has 0 fully saturated rings. The van der Waals surface area contributed by atoms with Crippen molar-refractivity contribution in [3.63, 3.8) is 0 Å². The van der Waals surface area contributed by atoms with Crippen LogP contribution in [0.3, 0.4) is 0 Å². The summed E-state index contributed by atoms with van der Waals surface area (Å²) in [5.41, 5.74) is 1.44. The van der Waals surface area contributed by atoms with E-state index in [0.717, 1.165) is 18.5 Å². The van der Waals surface area contributed by atoms with Crippen LogP contribution in [0.25, 0.3) is 11.0 Å². The van der Waals surface area contributed by atoms with Gasteiger partial charge in [0.05, 0.1) is 15.9 Å². The second-order valence-electron chi connectivity index (χ2n) is 5.66. The highest BCUT2D eigenvalue weighted by atomic mass is 32.2. The first-order chi connectivity index (χ1) is 9.71. The maximum absolute atomic E-state index is 11.9. The van der Waals surface area contributed by atoms with Crippen LogP contribution in [0, 0.1) is 4.77 Å². The minimum atomic E-state index is -3.28. The summed E-state index contributed by atoms with van der Waals surface area (Å²) in [6.45, 7) is 3.04. The number of imidazole rings is 1. The minimum Gasteiger partial charge on any atom is -0.329 e. The summed E-state index contributed by atoms with van der Waals surface area (Å²) in [5.74, 6) is 0. The molecule has 1 unspecified atom stereocenters. The highest BCUT2D eigenvalue weighted by Crippen LogP contribution is 2.26. The summed E-state index contributed by atoms with van der Waals surface area (Å²) >= 11 is 5.39. The third-order valence-corrected chi connectivity index (χ3v) is 4.99. The van der Waals surface area contributed by atoms with Gasteiger partial charge >= 0.3 is 0 Å². The predicted octanol–water partition coefficient (Wildman–Crippen LogP) is 2.62. The number of hydrogen-bond acceptors (Lipinski definition) is 4. The number of aromatic amines is 1. The Morgan fingerprint density at radius 1 is 1.38 bits per heavy atom. The quantitative estimate of drug-likeness (QED) is 0.858. The Kier molecular flexibility index (Phi) is 4.55. The lowest BCUT2D eigenvalue weighted by Crippen LogP contribution is -2.17. The Labute approximate surface area is 130 Å². The van der Waals surface area contributed by atoms with Gasteiger partial charge < -0.3 is 14.5 Å². The van der Waals surface area contributed by atoms with E-state index in [1.54, 1.807) is 12.1 Å². The Bertz CT molecular complexity index is 803. The van der Waals surface area contributed by atoms with Gasteiger partial charge in [0.15, 0.2) is 14.6 Å². The number of nitrogens with zero attached hydrogens (tertiary/aromatic N) is 2. The van der Waals surface area contributed by atoms with E-state index in [1.165, 1.54) is 6.26 Å². The molecule has 0 aliphatic carbocycles. The van der Waals surface area contributed by atoms with Crippen molar-refractivity contribution in [2.24, 2.45) is 0 Å². The normalized spacial score (nSPS) is 14.0. The molecule has 0 amide bonds. The zero-order chi connectivity index (χ0) is 15.8. The monoisotopic (exact) mass is 327 g/mol. The lowest BCUT2D eigenvalue weighted by Gasteiger charge is -2.17. The van der Waals surface area contributed by atoms with Gasteiger partial charge in [-0.3, -0.25) is 0 Å². The standard InChI is InChI=1S/C14H21N3O2S2/c1-10(8-9-16(2)3)17-11-6-5-7-12(21(4,18)19)13(11)15-14(17)20/h5-7,10H,8-9H2,1-4H3,(H,15,20). The molecule has 21 heavy (non-hydrogen) atoms. The van der Waals surface area contributed by atoms with E-state index in [4.69, 9.17) is 12.2 Å². The van der Waals surface area contributed by atoms with Gasteiger partial charge in [-0.1, -0.05) is 6.07 Å². The van der Waals surface area contributed by atoms with Crippen LogP contribution in [0.5, 0.6) is 0 Å². The number of sulfone groups is 1. The zero-order valence-electron chi connectivity index (χ0n) is 12.8. The molecule has 1 N–H and O–H groups in total. The van der Waals surface area contributed by atoms with Crippen molar-refractivity contribution in [1.29, 1.82) is 0 Å². The van der Waals surface area contributed by atoms with Gasteiger partial charge in [-0.05, 0) is 58.3 Å². The fourth-order valence-electron chi connectivity index (χ4n) is 2.44. The van der Waals surface area contributed by atoms with E-state index in [1.807, 2.05) is 24.7 Å². The highest BCUT2D eigenvalue weighted by molar-refractivity contribution is 7.91. The highest BCUT2D eigenvalue weighted by Gasteiger charge is 2.17. The molecule has 0 spiro atoms. The lowest BCUT2D eigenvalue weighted by atomic mass is 10.2. The molecule has 0 radical (unpaired) electrons. The molecule has 1 aromatic carbocycles. The van der Waals surface area contributed by atoms with E-state index >= 15 is 0 Å². The largest absolute Gasteiger partial charge is 0.329 e. The van der Waals surface area contributed by atoms with Gasteiger partial charge in [-0.25, -0.2) is 8.42 Å². The number of rotatable bonds is 5. The van der Waals surface area contributed by atoms with Gasteiger partial charge in [0.25, 0.3) is 0 Å². The van der Waals surface area contributed by atoms with Crippen LogP contribution in [0.15, 0.2) is 23.1 Å². The second kappa shape index (κ2) is 5.90. The molecule has 0 saturated carbocycles. The molecule has 2 aromatic rings. The molecule has 1 heterocycles. The first kappa shape index (κ1) is 16.2. The number of fused-ring (bicyclic) bond motifs is 1. The first-order valence-corrected chi connectivity index (χ1v) is 9.10. The number of hydrogen-bond donors (Lipinski definition) is 1. The lowest BCUT2D eigenvalue weighted by molar-refractivity contribution is 0.359. The van der Waals surface area contributed by atoms with Crippen LogP contribution in [0.4, 0.5) is 0 Å². The number of aromatic nitrogens is 2. The number of para-hydroxylation sites is 1. The number of benzene rings is 1. The molecule has 116 valence electrons. The SMILES string of the molecule is CC(CCN(C)C)n1c(=S)[nH]c2c(S(C)(=O)=O)cccc21. The molecule has 0 aliphatic heterocycles. The second-order valence-corrected chi connectivity index (χ2v) is 8.03. The van der Waals surface area contributed by atoms with Crippen LogP contribution in [0.1, 0.15) is 19.4 Å². The molecule has 0 saturated heterocycles. The molecule has 5 nitrogen and oxygen atoms in total. The Morgan fingerprint density at radius 3 is 2.62 bits per heavy atom. The summed E-state index contributed by atoms with van der Waals surface area (Å²) in [6.07, 6.45) is 2.16. The van der Waals surface area contributed by atoms with Crippen LogP contribution in [-0.4, -0.2) is 49.8 Å². The molecule has 1 atom stereocenters. The Morgan fingerprint density at radius 2 is 2.05 bits per heavy atom. The summed E-state index contributed by atoms with van der Waals surface area (Å²) in [4.78, 5) is 5.47. The fourth-order valence-corrected chi connectivity index (χ4v) is 3.68. The minimum absolute atomic E-state index is 0.198. The van der Waals surface area contributed by atoms with Crippen molar-refractivity contribution in [1.82, 2.24) is 14.5 Å². The third kappa shape index (κ3) is 3.36. The van der Waals surface area contributed by atoms with Gasteiger partial charge in [-0.2, -0.15) is 0 Å². The average Bonchev–Trinajstić information content (AvgIpc) is 2.70. The van der Waals surface area contributed by atoms with Crippen LogP contribution in [0.2, 0.25) is 0 Å². The van der Waals surface area contributed by atoms with E-state index in [2.05, 4.69) is 16.8 Å². The van der Waals surface area contributed by atoms with Gasteiger partial charge in [0.1, 0.15) is 0 Å². The van der Waals surface area contributed by atoms with Crippen LogP contribution < -0.4 is 0 Å². The number of H-pyrrole nitrogens is 1. The maximum atomic E-state index is 11.9. The van der Waals surface area contributed by atoms with Crippen LogP contribution >= 0.6 is 12.2 Å². The molecule has 0 bridgehead atoms. The summed E-state index contributed by atoms with van der Waals surface area (Å²) < 4.78 is 26.3. The molecule has 7 heteroatoms. The van der Waals surface area contributed by atoms with Crippen LogP contribution in [-0.2, 0) is 9.84 Å². The predicted molar refractivity (Wildman–Crippen MR) is 88.1 cm³/mol.